The van der Waals surface area contributed by atoms with Gasteiger partial charge in [0.15, 0.2) is 0 Å². The Balaban J connectivity index is 1.52. The van der Waals surface area contributed by atoms with E-state index >= 15 is 0 Å². The van der Waals surface area contributed by atoms with Crippen molar-refractivity contribution in [2.24, 2.45) is 22.7 Å². The molecule has 0 aromatic heterocycles. The molecule has 27 heavy (non-hydrogen) atoms. The molecular weight excluding hydrogens is 381 g/mol. The van der Waals surface area contributed by atoms with Crippen molar-refractivity contribution in [1.82, 2.24) is 4.90 Å². The van der Waals surface area contributed by atoms with Crippen molar-refractivity contribution < 1.29 is 9.90 Å². The molecule has 3 saturated carbocycles. The predicted molar refractivity (Wildman–Crippen MR) is 107 cm³/mol. The summed E-state index contributed by atoms with van der Waals surface area (Å²) in [5.74, 6) is 1.16. The SMILES string of the molecule is CC1(C)C(=O)N([C@H]2CCC3C[C@@]4(O)CC2CC34C)C1c1cccc(Cl)c1Cl. The number of amides is 1. The van der Waals surface area contributed by atoms with Gasteiger partial charge >= 0.3 is 0 Å². The molecule has 6 atom stereocenters. The number of likely N-dealkylation sites (tertiary alicyclic amines) is 1. The minimum Gasteiger partial charge on any atom is -0.389 e. The van der Waals surface area contributed by atoms with Crippen LogP contribution < -0.4 is 0 Å². The number of hydrogen-bond donors (Lipinski definition) is 1. The maximum atomic E-state index is 13.2. The van der Waals surface area contributed by atoms with E-state index in [4.69, 9.17) is 23.2 Å². The van der Waals surface area contributed by atoms with E-state index < -0.39 is 11.0 Å². The molecule has 4 fully saturated rings. The number of halogens is 2. The third-order valence-corrected chi connectivity index (χ3v) is 9.40. The number of rotatable bonds is 2. The molecule has 3 nitrogen and oxygen atoms in total. The van der Waals surface area contributed by atoms with E-state index in [1.54, 1.807) is 6.07 Å². The van der Waals surface area contributed by atoms with Crippen molar-refractivity contribution in [3.05, 3.63) is 33.8 Å². The largest absolute Gasteiger partial charge is 0.389 e. The third kappa shape index (κ3) is 2.12. The lowest BCUT2D eigenvalue weighted by atomic mass is 9.51. The number of benzene rings is 1. The highest BCUT2D eigenvalue weighted by Gasteiger charge is 2.70. The van der Waals surface area contributed by atoms with E-state index in [1.165, 1.54) is 0 Å². The van der Waals surface area contributed by atoms with E-state index in [-0.39, 0.29) is 23.4 Å². The quantitative estimate of drug-likeness (QED) is 0.681. The summed E-state index contributed by atoms with van der Waals surface area (Å²) in [6, 6.07) is 5.84. The Labute approximate surface area is 171 Å². The average molecular weight is 408 g/mol. The first-order chi connectivity index (χ1) is 12.6. The van der Waals surface area contributed by atoms with E-state index in [2.05, 4.69) is 11.8 Å². The van der Waals surface area contributed by atoms with Crippen molar-refractivity contribution in [3.8, 4) is 0 Å². The lowest BCUT2D eigenvalue weighted by Crippen LogP contribution is -2.65. The summed E-state index contributed by atoms with van der Waals surface area (Å²) in [5, 5.41) is 12.2. The summed E-state index contributed by atoms with van der Waals surface area (Å²) in [7, 11) is 0. The highest BCUT2D eigenvalue weighted by Crippen LogP contribution is 2.70. The summed E-state index contributed by atoms with van der Waals surface area (Å²) in [6.45, 7) is 6.28. The van der Waals surface area contributed by atoms with Crippen LogP contribution in [0.1, 0.15) is 64.5 Å². The Kier molecular flexibility index (Phi) is 3.67. The van der Waals surface area contributed by atoms with Crippen LogP contribution in [-0.2, 0) is 4.79 Å². The Morgan fingerprint density at radius 2 is 1.85 bits per heavy atom. The fourth-order valence-corrected chi connectivity index (χ4v) is 7.38. The summed E-state index contributed by atoms with van der Waals surface area (Å²) < 4.78 is 0. The zero-order valence-corrected chi connectivity index (χ0v) is 17.6. The molecule has 0 spiro atoms. The molecule has 2 bridgehead atoms. The second-order valence-electron chi connectivity index (χ2n) is 10.1. The van der Waals surface area contributed by atoms with Gasteiger partial charge in [-0.15, -0.1) is 0 Å². The van der Waals surface area contributed by atoms with Gasteiger partial charge in [-0.25, -0.2) is 0 Å². The molecule has 1 aromatic carbocycles. The molecule has 0 radical (unpaired) electrons. The molecule has 1 saturated heterocycles. The van der Waals surface area contributed by atoms with Crippen LogP contribution in [0.25, 0.3) is 0 Å². The molecular formula is C22H27Cl2NO2. The van der Waals surface area contributed by atoms with Crippen LogP contribution in [0.5, 0.6) is 0 Å². The molecule has 1 aliphatic heterocycles. The monoisotopic (exact) mass is 407 g/mol. The first-order valence-corrected chi connectivity index (χ1v) is 10.8. The fraction of sp³-hybridized carbons (Fsp3) is 0.682. The summed E-state index contributed by atoms with van der Waals surface area (Å²) in [6.07, 6.45) is 4.91. The van der Waals surface area contributed by atoms with Gasteiger partial charge in [-0.1, -0.05) is 42.3 Å². The molecule has 4 aliphatic rings. The van der Waals surface area contributed by atoms with Crippen LogP contribution in [0.15, 0.2) is 18.2 Å². The Morgan fingerprint density at radius 3 is 2.59 bits per heavy atom. The van der Waals surface area contributed by atoms with Crippen LogP contribution in [0.2, 0.25) is 10.0 Å². The average Bonchev–Trinajstić information content (AvgIpc) is 2.72. The third-order valence-electron chi connectivity index (χ3n) is 8.57. The highest BCUT2D eigenvalue weighted by molar-refractivity contribution is 6.42. The van der Waals surface area contributed by atoms with Crippen LogP contribution in [-0.4, -0.2) is 27.6 Å². The van der Waals surface area contributed by atoms with E-state index in [0.29, 0.717) is 21.9 Å². The topological polar surface area (TPSA) is 40.5 Å². The Bertz CT molecular complexity index is 840. The van der Waals surface area contributed by atoms with Gasteiger partial charge in [-0.2, -0.15) is 0 Å². The minimum absolute atomic E-state index is 0.0407. The molecule has 146 valence electrons. The summed E-state index contributed by atoms with van der Waals surface area (Å²) in [4.78, 5) is 15.3. The van der Waals surface area contributed by atoms with Crippen LogP contribution >= 0.6 is 23.2 Å². The number of nitrogens with zero attached hydrogens (tertiary/aromatic N) is 1. The van der Waals surface area contributed by atoms with Crippen molar-refractivity contribution in [3.63, 3.8) is 0 Å². The maximum Gasteiger partial charge on any atom is 0.231 e. The minimum atomic E-state index is -0.520. The number of carbonyl (C=O) groups is 1. The maximum absolute atomic E-state index is 13.2. The first-order valence-electron chi connectivity index (χ1n) is 10.1. The van der Waals surface area contributed by atoms with Crippen molar-refractivity contribution in [2.45, 2.75) is 70.6 Å². The second-order valence-corrected chi connectivity index (χ2v) is 10.9. The lowest BCUT2D eigenvalue weighted by Gasteiger charge is -2.59. The summed E-state index contributed by atoms with van der Waals surface area (Å²) in [5.41, 5.74) is -0.0164. The highest BCUT2D eigenvalue weighted by atomic mass is 35.5. The van der Waals surface area contributed by atoms with Crippen molar-refractivity contribution in [2.75, 3.05) is 0 Å². The van der Waals surface area contributed by atoms with Gasteiger partial charge in [0.2, 0.25) is 5.91 Å². The second kappa shape index (κ2) is 5.43. The van der Waals surface area contributed by atoms with Crippen LogP contribution in [0, 0.1) is 22.7 Å². The van der Waals surface area contributed by atoms with Gasteiger partial charge < -0.3 is 10.0 Å². The Morgan fingerprint density at radius 1 is 1.11 bits per heavy atom. The number of β-lactam (4-membered cyclic amide) rings is 1. The van der Waals surface area contributed by atoms with Gasteiger partial charge in [0.25, 0.3) is 0 Å². The standard InChI is InChI=1S/C22H27Cl2NO2/c1-20(2)18(14-5-4-6-15(23)17(14)24)25(19(20)26)16-8-7-13-11-22(27)10-12(16)9-21(13,22)3/h4-6,12-13,16,18,27H,7-11H2,1-3H3/t12?,13?,16-,18?,21?,22-/m0/s1. The van der Waals surface area contributed by atoms with Crippen LogP contribution in [0.3, 0.4) is 0 Å². The van der Waals surface area contributed by atoms with Gasteiger partial charge in [0.05, 0.1) is 27.1 Å². The molecule has 5 heteroatoms. The molecule has 3 aliphatic carbocycles. The molecule has 1 amide bonds. The molecule has 1 aromatic rings. The van der Waals surface area contributed by atoms with Gasteiger partial charge in [0.1, 0.15) is 0 Å². The first kappa shape index (κ1) is 18.3. The zero-order chi connectivity index (χ0) is 19.4. The normalized spacial score (nSPS) is 44.5. The van der Waals surface area contributed by atoms with Crippen molar-refractivity contribution >= 4 is 29.1 Å². The molecule has 1 heterocycles. The number of fused-ring (bicyclic) bond motifs is 1. The predicted octanol–water partition coefficient (Wildman–Crippen LogP) is 5.23. The smallest absolute Gasteiger partial charge is 0.231 e. The van der Waals surface area contributed by atoms with E-state index in [1.807, 2.05) is 26.0 Å². The number of carbonyl (C=O) groups excluding carboxylic acids is 1. The van der Waals surface area contributed by atoms with Gasteiger partial charge in [-0.3, -0.25) is 4.79 Å². The van der Waals surface area contributed by atoms with Crippen LogP contribution in [0.4, 0.5) is 0 Å². The number of hydrogen-bond acceptors (Lipinski definition) is 2. The molecule has 5 rings (SSSR count). The zero-order valence-electron chi connectivity index (χ0n) is 16.1. The summed E-state index contributed by atoms with van der Waals surface area (Å²) >= 11 is 12.8. The fourth-order valence-electron chi connectivity index (χ4n) is 6.97. The van der Waals surface area contributed by atoms with Gasteiger partial charge in [0, 0.05) is 6.04 Å². The van der Waals surface area contributed by atoms with Gasteiger partial charge in [-0.05, 0) is 74.8 Å². The van der Waals surface area contributed by atoms with E-state index in [9.17, 15) is 9.90 Å². The van der Waals surface area contributed by atoms with E-state index in [0.717, 1.165) is 37.7 Å². The molecule has 1 N–H and O–H groups in total. The Hall–Kier alpha value is -0.770. The molecule has 4 unspecified atom stereocenters. The number of aliphatic hydroxyl groups is 1. The van der Waals surface area contributed by atoms with Crippen molar-refractivity contribution in [1.29, 1.82) is 0 Å². The lowest BCUT2D eigenvalue weighted by molar-refractivity contribution is -0.192.